The molecule has 1 N–H and O–H groups in total. The molecule has 0 radical (unpaired) electrons. The summed E-state index contributed by atoms with van der Waals surface area (Å²) in [6.45, 7) is 0. The number of nitrogens with zero attached hydrogens (tertiary/aromatic N) is 2. The summed E-state index contributed by atoms with van der Waals surface area (Å²) in [6, 6.07) is 23.5. The van der Waals surface area contributed by atoms with E-state index in [0.717, 1.165) is 4.47 Å². The highest BCUT2D eigenvalue weighted by Gasteiger charge is 2.10. The summed E-state index contributed by atoms with van der Waals surface area (Å²) in [5.74, 6) is 1.93. The first-order valence-electron chi connectivity index (χ1n) is 9.43. The molecule has 0 bridgehead atoms. The molecule has 0 saturated heterocycles. The SMILES string of the molecule is COc1cccc(Oc2ccnc(-c3cccc(C(=O)Nc4ccc(Br)cc4)c3)n2)c1. The number of nitrogens with one attached hydrogen (secondary N) is 1. The van der Waals surface area contributed by atoms with Crippen LogP contribution in [0.25, 0.3) is 11.4 Å². The van der Waals surface area contributed by atoms with Crippen LogP contribution < -0.4 is 14.8 Å². The first kappa shape index (κ1) is 20.6. The van der Waals surface area contributed by atoms with E-state index in [-0.39, 0.29) is 5.91 Å². The number of carbonyl (C=O) groups is 1. The van der Waals surface area contributed by atoms with Crippen LogP contribution in [0.4, 0.5) is 5.69 Å². The maximum absolute atomic E-state index is 12.7. The van der Waals surface area contributed by atoms with Gasteiger partial charge in [-0.1, -0.05) is 34.1 Å². The predicted octanol–water partition coefficient (Wildman–Crippen LogP) is 5.96. The molecule has 0 saturated carbocycles. The van der Waals surface area contributed by atoms with E-state index in [1.165, 1.54) is 0 Å². The Morgan fingerprint density at radius 3 is 2.52 bits per heavy atom. The first-order chi connectivity index (χ1) is 15.1. The Labute approximate surface area is 188 Å². The molecule has 4 aromatic rings. The maximum Gasteiger partial charge on any atom is 0.255 e. The van der Waals surface area contributed by atoms with Gasteiger partial charge in [0.05, 0.1) is 7.11 Å². The van der Waals surface area contributed by atoms with Crippen LogP contribution in [0.3, 0.4) is 0 Å². The van der Waals surface area contributed by atoms with E-state index in [0.29, 0.717) is 40.0 Å². The standard InChI is InChI=1S/C24H18BrN3O3/c1-30-20-6-3-7-21(15-20)31-22-12-13-26-23(28-22)16-4-2-5-17(14-16)24(29)27-19-10-8-18(25)9-11-19/h2-15H,1H3,(H,27,29). The molecule has 31 heavy (non-hydrogen) atoms. The molecule has 0 spiro atoms. The molecule has 4 rings (SSSR count). The van der Waals surface area contributed by atoms with Gasteiger partial charge in [0.2, 0.25) is 5.88 Å². The zero-order valence-electron chi connectivity index (χ0n) is 16.6. The smallest absolute Gasteiger partial charge is 0.255 e. The van der Waals surface area contributed by atoms with Crippen molar-refractivity contribution in [2.24, 2.45) is 0 Å². The lowest BCUT2D eigenvalue weighted by Crippen LogP contribution is -2.11. The van der Waals surface area contributed by atoms with Crippen LogP contribution in [0.5, 0.6) is 17.4 Å². The summed E-state index contributed by atoms with van der Waals surface area (Å²) in [5, 5.41) is 2.88. The van der Waals surface area contributed by atoms with Gasteiger partial charge in [-0.3, -0.25) is 4.79 Å². The van der Waals surface area contributed by atoms with E-state index in [4.69, 9.17) is 9.47 Å². The van der Waals surface area contributed by atoms with Gasteiger partial charge in [0.15, 0.2) is 5.82 Å². The minimum Gasteiger partial charge on any atom is -0.497 e. The summed E-state index contributed by atoms with van der Waals surface area (Å²) in [4.78, 5) is 21.5. The fourth-order valence-corrected chi connectivity index (χ4v) is 3.12. The summed E-state index contributed by atoms with van der Waals surface area (Å²) < 4.78 is 12.0. The molecule has 7 heteroatoms. The van der Waals surface area contributed by atoms with Crippen LogP contribution >= 0.6 is 15.9 Å². The molecule has 6 nitrogen and oxygen atoms in total. The van der Waals surface area contributed by atoms with Crippen molar-refractivity contribution in [2.75, 3.05) is 12.4 Å². The topological polar surface area (TPSA) is 73.3 Å². The van der Waals surface area contributed by atoms with Gasteiger partial charge in [0.25, 0.3) is 5.91 Å². The van der Waals surface area contributed by atoms with Gasteiger partial charge in [0.1, 0.15) is 11.5 Å². The number of benzene rings is 3. The number of hydrogen-bond acceptors (Lipinski definition) is 5. The molecule has 0 unspecified atom stereocenters. The second kappa shape index (κ2) is 9.40. The van der Waals surface area contributed by atoms with Crippen molar-refractivity contribution < 1.29 is 14.3 Å². The quantitative estimate of drug-likeness (QED) is 0.372. The van der Waals surface area contributed by atoms with Gasteiger partial charge in [-0.15, -0.1) is 0 Å². The maximum atomic E-state index is 12.7. The Hall–Kier alpha value is -3.71. The molecule has 1 aromatic heterocycles. The van der Waals surface area contributed by atoms with E-state index in [2.05, 4.69) is 31.2 Å². The normalized spacial score (nSPS) is 10.4. The highest BCUT2D eigenvalue weighted by molar-refractivity contribution is 9.10. The van der Waals surface area contributed by atoms with Crippen LogP contribution in [0, 0.1) is 0 Å². The van der Waals surface area contributed by atoms with Crippen molar-refractivity contribution in [1.82, 2.24) is 9.97 Å². The van der Waals surface area contributed by atoms with E-state index < -0.39 is 0 Å². The second-order valence-electron chi connectivity index (χ2n) is 6.54. The lowest BCUT2D eigenvalue weighted by molar-refractivity contribution is 0.102. The van der Waals surface area contributed by atoms with Gasteiger partial charge in [-0.2, -0.15) is 4.98 Å². The van der Waals surface area contributed by atoms with Crippen LogP contribution in [-0.2, 0) is 0 Å². The summed E-state index contributed by atoms with van der Waals surface area (Å²) in [6.07, 6.45) is 1.62. The molecule has 1 heterocycles. The monoisotopic (exact) mass is 475 g/mol. The molecular formula is C24H18BrN3O3. The number of anilines is 1. The van der Waals surface area contributed by atoms with E-state index in [9.17, 15) is 4.79 Å². The number of aromatic nitrogens is 2. The number of carbonyl (C=O) groups excluding carboxylic acids is 1. The highest BCUT2D eigenvalue weighted by atomic mass is 79.9. The molecular weight excluding hydrogens is 458 g/mol. The largest absolute Gasteiger partial charge is 0.497 e. The van der Waals surface area contributed by atoms with Crippen molar-refractivity contribution in [1.29, 1.82) is 0 Å². The third-order valence-corrected chi connectivity index (χ3v) is 4.91. The van der Waals surface area contributed by atoms with Crippen molar-refractivity contribution in [3.63, 3.8) is 0 Å². The minimum atomic E-state index is -0.215. The average molecular weight is 476 g/mol. The molecule has 0 fully saturated rings. The highest BCUT2D eigenvalue weighted by Crippen LogP contribution is 2.25. The third kappa shape index (κ3) is 5.26. The van der Waals surface area contributed by atoms with Crippen molar-refractivity contribution in [3.05, 3.63) is 95.1 Å². The summed E-state index contributed by atoms with van der Waals surface area (Å²) in [7, 11) is 1.60. The van der Waals surface area contributed by atoms with E-state index in [1.807, 2.05) is 48.5 Å². The molecule has 1 amide bonds. The van der Waals surface area contributed by atoms with Gasteiger partial charge in [0, 0.05) is 39.6 Å². The van der Waals surface area contributed by atoms with Gasteiger partial charge >= 0.3 is 0 Å². The van der Waals surface area contributed by atoms with E-state index >= 15 is 0 Å². The lowest BCUT2D eigenvalue weighted by Gasteiger charge is -2.09. The van der Waals surface area contributed by atoms with Gasteiger partial charge in [-0.05, 0) is 48.5 Å². The Bertz CT molecular complexity index is 1210. The molecule has 0 aliphatic carbocycles. The third-order valence-electron chi connectivity index (χ3n) is 4.38. The number of hydrogen-bond donors (Lipinski definition) is 1. The van der Waals surface area contributed by atoms with Crippen LogP contribution in [0.2, 0.25) is 0 Å². The summed E-state index contributed by atoms with van der Waals surface area (Å²) >= 11 is 3.38. The van der Waals surface area contributed by atoms with Crippen molar-refractivity contribution in [2.45, 2.75) is 0 Å². The number of rotatable bonds is 6. The Kier molecular flexibility index (Phi) is 6.24. The lowest BCUT2D eigenvalue weighted by atomic mass is 10.1. The van der Waals surface area contributed by atoms with Crippen molar-refractivity contribution in [3.8, 4) is 28.8 Å². The first-order valence-corrected chi connectivity index (χ1v) is 10.2. The molecule has 154 valence electrons. The van der Waals surface area contributed by atoms with Crippen LogP contribution in [0.1, 0.15) is 10.4 Å². The van der Waals surface area contributed by atoms with E-state index in [1.54, 1.807) is 43.6 Å². The fourth-order valence-electron chi connectivity index (χ4n) is 2.86. The molecule has 0 aliphatic rings. The number of halogens is 1. The fraction of sp³-hybridized carbons (Fsp3) is 0.0417. The Morgan fingerprint density at radius 2 is 1.71 bits per heavy atom. The second-order valence-corrected chi connectivity index (χ2v) is 7.46. The summed E-state index contributed by atoms with van der Waals surface area (Å²) in [5.41, 5.74) is 1.92. The molecule has 0 aliphatic heterocycles. The Morgan fingerprint density at radius 1 is 0.935 bits per heavy atom. The Balaban J connectivity index is 1.54. The zero-order chi connectivity index (χ0) is 21.6. The number of amides is 1. The zero-order valence-corrected chi connectivity index (χ0v) is 18.2. The van der Waals surface area contributed by atoms with Crippen LogP contribution in [-0.4, -0.2) is 23.0 Å². The minimum absolute atomic E-state index is 0.215. The molecule has 0 atom stereocenters. The average Bonchev–Trinajstić information content (AvgIpc) is 2.81. The van der Waals surface area contributed by atoms with Gasteiger partial charge in [-0.25, -0.2) is 4.98 Å². The van der Waals surface area contributed by atoms with Crippen LogP contribution in [0.15, 0.2) is 89.5 Å². The van der Waals surface area contributed by atoms with Gasteiger partial charge < -0.3 is 14.8 Å². The van der Waals surface area contributed by atoms with Crippen molar-refractivity contribution >= 4 is 27.5 Å². The molecule has 3 aromatic carbocycles. The number of methoxy groups -OCH3 is 1. The predicted molar refractivity (Wildman–Crippen MR) is 123 cm³/mol. The number of ether oxygens (including phenoxy) is 2.